The van der Waals surface area contributed by atoms with Crippen LogP contribution in [0, 0.1) is 20.8 Å². The molecule has 5 heteroatoms. The molecule has 2 rings (SSSR count). The van der Waals surface area contributed by atoms with Gasteiger partial charge in [-0.05, 0) is 39.8 Å². The molecule has 0 aromatic carbocycles. The molecule has 0 aliphatic carbocycles. The maximum absolute atomic E-state index is 4.44. The van der Waals surface area contributed by atoms with Gasteiger partial charge in [0.2, 0.25) is 0 Å². The van der Waals surface area contributed by atoms with E-state index in [1.165, 1.54) is 5.56 Å². The molecule has 0 radical (unpaired) electrons. The van der Waals surface area contributed by atoms with Gasteiger partial charge in [0.15, 0.2) is 0 Å². The van der Waals surface area contributed by atoms with Crippen molar-refractivity contribution in [3.63, 3.8) is 0 Å². The zero-order valence-electron chi connectivity index (χ0n) is 12.1. The van der Waals surface area contributed by atoms with Crippen LogP contribution in [-0.2, 0) is 6.54 Å². The number of aromatic nitrogens is 4. The SMILES string of the molecule is CCCNCc1cnn(-c2nc(C)cc(C)n2)c1C. The summed E-state index contributed by atoms with van der Waals surface area (Å²) >= 11 is 0. The van der Waals surface area contributed by atoms with Crippen molar-refractivity contribution in [3.05, 3.63) is 34.9 Å². The van der Waals surface area contributed by atoms with E-state index in [9.17, 15) is 0 Å². The van der Waals surface area contributed by atoms with Gasteiger partial charge in [-0.2, -0.15) is 5.10 Å². The smallest absolute Gasteiger partial charge is 0.251 e. The summed E-state index contributed by atoms with van der Waals surface area (Å²) in [6, 6.07) is 1.96. The number of aryl methyl sites for hydroxylation is 2. The van der Waals surface area contributed by atoms with Gasteiger partial charge < -0.3 is 5.32 Å². The second-order valence-corrected chi connectivity index (χ2v) is 4.79. The Kier molecular flexibility index (Phi) is 4.27. The molecule has 0 fully saturated rings. The predicted molar refractivity (Wildman–Crippen MR) is 75.4 cm³/mol. The second kappa shape index (κ2) is 5.93. The van der Waals surface area contributed by atoms with Crippen LogP contribution in [0.25, 0.3) is 5.95 Å². The lowest BCUT2D eigenvalue weighted by atomic mass is 10.2. The molecule has 0 aliphatic rings. The molecule has 0 spiro atoms. The van der Waals surface area contributed by atoms with Crippen LogP contribution in [0.4, 0.5) is 0 Å². The zero-order chi connectivity index (χ0) is 13.8. The fourth-order valence-electron chi connectivity index (χ4n) is 2.02. The first-order valence-electron chi connectivity index (χ1n) is 6.68. The molecule has 0 saturated carbocycles. The molecule has 0 amide bonds. The van der Waals surface area contributed by atoms with E-state index in [-0.39, 0.29) is 0 Å². The highest BCUT2D eigenvalue weighted by atomic mass is 15.3. The van der Waals surface area contributed by atoms with E-state index < -0.39 is 0 Å². The van der Waals surface area contributed by atoms with Crippen LogP contribution in [0.2, 0.25) is 0 Å². The van der Waals surface area contributed by atoms with Crippen molar-refractivity contribution < 1.29 is 0 Å². The highest BCUT2D eigenvalue weighted by Gasteiger charge is 2.10. The van der Waals surface area contributed by atoms with Crippen LogP contribution < -0.4 is 5.32 Å². The Morgan fingerprint density at radius 2 is 1.84 bits per heavy atom. The van der Waals surface area contributed by atoms with Gasteiger partial charge in [0.1, 0.15) is 0 Å². The van der Waals surface area contributed by atoms with Crippen LogP contribution in [0.3, 0.4) is 0 Å². The molecule has 0 unspecified atom stereocenters. The lowest BCUT2D eigenvalue weighted by Crippen LogP contribution is -2.14. The minimum absolute atomic E-state index is 0.650. The Labute approximate surface area is 114 Å². The maximum Gasteiger partial charge on any atom is 0.251 e. The predicted octanol–water partition coefficient (Wildman–Crippen LogP) is 2.09. The topological polar surface area (TPSA) is 55.6 Å². The largest absolute Gasteiger partial charge is 0.313 e. The minimum atomic E-state index is 0.650. The van der Waals surface area contributed by atoms with E-state index in [1.54, 1.807) is 0 Å². The minimum Gasteiger partial charge on any atom is -0.313 e. The highest BCUT2D eigenvalue weighted by Crippen LogP contribution is 2.12. The molecule has 102 valence electrons. The first kappa shape index (κ1) is 13.7. The van der Waals surface area contributed by atoms with E-state index in [1.807, 2.05) is 30.8 Å². The lowest BCUT2D eigenvalue weighted by Gasteiger charge is -2.06. The van der Waals surface area contributed by atoms with Crippen LogP contribution in [-0.4, -0.2) is 26.3 Å². The Balaban J connectivity index is 2.25. The monoisotopic (exact) mass is 259 g/mol. The van der Waals surface area contributed by atoms with E-state index in [2.05, 4.69) is 34.2 Å². The summed E-state index contributed by atoms with van der Waals surface area (Å²) in [7, 11) is 0. The molecular formula is C14H21N5. The Morgan fingerprint density at radius 1 is 1.16 bits per heavy atom. The Bertz CT molecular complexity index is 539. The molecule has 1 N–H and O–H groups in total. The van der Waals surface area contributed by atoms with Crippen molar-refractivity contribution in [3.8, 4) is 5.95 Å². The van der Waals surface area contributed by atoms with Crippen LogP contribution in [0.5, 0.6) is 0 Å². The summed E-state index contributed by atoms with van der Waals surface area (Å²) in [6.45, 7) is 10.0. The van der Waals surface area contributed by atoms with Gasteiger partial charge in [0.25, 0.3) is 5.95 Å². The van der Waals surface area contributed by atoms with Gasteiger partial charge >= 0.3 is 0 Å². The fraction of sp³-hybridized carbons (Fsp3) is 0.500. The molecule has 2 aromatic rings. The number of nitrogens with zero attached hydrogens (tertiary/aromatic N) is 4. The van der Waals surface area contributed by atoms with E-state index in [0.29, 0.717) is 5.95 Å². The molecule has 0 bridgehead atoms. The standard InChI is InChI=1S/C14H21N5/c1-5-6-15-8-13-9-16-19(12(13)4)14-17-10(2)7-11(3)18-14/h7,9,15H,5-6,8H2,1-4H3. The summed E-state index contributed by atoms with van der Waals surface area (Å²) < 4.78 is 1.81. The first-order valence-corrected chi connectivity index (χ1v) is 6.68. The van der Waals surface area contributed by atoms with Crippen molar-refractivity contribution in [2.75, 3.05) is 6.54 Å². The third-order valence-corrected chi connectivity index (χ3v) is 3.01. The average molecular weight is 259 g/mol. The molecular weight excluding hydrogens is 238 g/mol. The van der Waals surface area contributed by atoms with Gasteiger partial charge in [-0.3, -0.25) is 0 Å². The Morgan fingerprint density at radius 3 is 2.47 bits per heavy atom. The van der Waals surface area contributed by atoms with E-state index >= 15 is 0 Å². The third-order valence-electron chi connectivity index (χ3n) is 3.01. The summed E-state index contributed by atoms with van der Waals surface area (Å²) in [5.74, 6) is 0.650. The highest BCUT2D eigenvalue weighted by molar-refractivity contribution is 5.25. The van der Waals surface area contributed by atoms with Gasteiger partial charge in [-0.1, -0.05) is 6.92 Å². The molecule has 0 saturated heterocycles. The van der Waals surface area contributed by atoms with Gasteiger partial charge in [0, 0.05) is 29.2 Å². The summed E-state index contributed by atoms with van der Waals surface area (Å²) in [6.07, 6.45) is 3.02. The van der Waals surface area contributed by atoms with Crippen molar-refractivity contribution >= 4 is 0 Å². The Hall–Kier alpha value is -1.75. The summed E-state index contributed by atoms with van der Waals surface area (Å²) in [5.41, 5.74) is 4.20. The third kappa shape index (κ3) is 3.17. The molecule has 2 heterocycles. The number of nitrogens with one attached hydrogen (secondary N) is 1. The lowest BCUT2D eigenvalue weighted by molar-refractivity contribution is 0.671. The first-order chi connectivity index (χ1) is 9.11. The summed E-state index contributed by atoms with van der Waals surface area (Å²) in [4.78, 5) is 8.89. The summed E-state index contributed by atoms with van der Waals surface area (Å²) in [5, 5.41) is 7.78. The van der Waals surface area contributed by atoms with Crippen molar-refractivity contribution in [2.45, 2.75) is 40.7 Å². The second-order valence-electron chi connectivity index (χ2n) is 4.79. The van der Waals surface area contributed by atoms with Crippen molar-refractivity contribution in [2.24, 2.45) is 0 Å². The molecule has 2 aromatic heterocycles. The molecule has 5 nitrogen and oxygen atoms in total. The zero-order valence-corrected chi connectivity index (χ0v) is 12.1. The fourth-order valence-corrected chi connectivity index (χ4v) is 2.02. The normalized spacial score (nSPS) is 10.9. The van der Waals surface area contributed by atoms with E-state index in [4.69, 9.17) is 0 Å². The van der Waals surface area contributed by atoms with Gasteiger partial charge in [-0.15, -0.1) is 0 Å². The molecule has 0 aliphatic heterocycles. The van der Waals surface area contributed by atoms with Crippen molar-refractivity contribution in [1.82, 2.24) is 25.1 Å². The van der Waals surface area contributed by atoms with Crippen LogP contribution >= 0.6 is 0 Å². The quantitative estimate of drug-likeness (QED) is 0.835. The number of hydrogen-bond donors (Lipinski definition) is 1. The number of hydrogen-bond acceptors (Lipinski definition) is 4. The number of rotatable bonds is 5. The van der Waals surface area contributed by atoms with Gasteiger partial charge in [-0.25, -0.2) is 14.6 Å². The average Bonchev–Trinajstić information content (AvgIpc) is 2.70. The molecule has 0 atom stereocenters. The maximum atomic E-state index is 4.44. The van der Waals surface area contributed by atoms with Crippen LogP contribution in [0.15, 0.2) is 12.3 Å². The molecule has 19 heavy (non-hydrogen) atoms. The van der Waals surface area contributed by atoms with Crippen molar-refractivity contribution in [1.29, 1.82) is 0 Å². The van der Waals surface area contributed by atoms with Crippen LogP contribution in [0.1, 0.15) is 36.0 Å². The van der Waals surface area contributed by atoms with E-state index in [0.717, 1.165) is 36.6 Å². The van der Waals surface area contributed by atoms with Gasteiger partial charge in [0.05, 0.1) is 6.20 Å².